The van der Waals surface area contributed by atoms with Gasteiger partial charge < -0.3 is 0 Å². The molecular formula is C12H13S. The first kappa shape index (κ1) is 8.76. The van der Waals surface area contributed by atoms with Crippen LogP contribution in [0.25, 0.3) is 10.1 Å². The molecular weight excluding hydrogens is 176 g/mol. The van der Waals surface area contributed by atoms with E-state index in [2.05, 4.69) is 36.6 Å². The molecule has 67 valence electrons. The van der Waals surface area contributed by atoms with Gasteiger partial charge in [-0.2, -0.15) is 0 Å². The third-order valence-corrected chi connectivity index (χ3v) is 3.09. The molecule has 0 spiro atoms. The third kappa shape index (κ3) is 1.92. The highest BCUT2D eigenvalue weighted by Crippen LogP contribution is 2.22. The van der Waals surface area contributed by atoms with Crippen LogP contribution in [0, 0.1) is 5.38 Å². The van der Waals surface area contributed by atoms with Gasteiger partial charge in [-0.05, 0) is 35.9 Å². The second-order valence-corrected chi connectivity index (χ2v) is 4.22. The van der Waals surface area contributed by atoms with Gasteiger partial charge in [-0.3, -0.25) is 0 Å². The molecule has 0 amide bonds. The summed E-state index contributed by atoms with van der Waals surface area (Å²) < 4.78 is 1.37. The van der Waals surface area contributed by atoms with Gasteiger partial charge in [0.15, 0.2) is 0 Å². The Morgan fingerprint density at radius 3 is 3.15 bits per heavy atom. The monoisotopic (exact) mass is 189 g/mol. The molecule has 0 aliphatic rings. The van der Waals surface area contributed by atoms with Crippen LogP contribution in [0.2, 0.25) is 0 Å². The molecule has 2 rings (SSSR count). The lowest BCUT2D eigenvalue weighted by atomic mass is 10.1. The molecule has 0 unspecified atom stereocenters. The Morgan fingerprint density at radius 2 is 2.31 bits per heavy atom. The van der Waals surface area contributed by atoms with Gasteiger partial charge in [-0.25, -0.2) is 0 Å². The van der Waals surface area contributed by atoms with E-state index < -0.39 is 0 Å². The summed E-state index contributed by atoms with van der Waals surface area (Å²) in [5.41, 5.74) is 1.46. The van der Waals surface area contributed by atoms with E-state index in [-0.39, 0.29) is 0 Å². The number of benzene rings is 1. The summed E-state index contributed by atoms with van der Waals surface area (Å²) in [5.74, 6) is 0. The maximum absolute atomic E-state index is 3.16. The minimum Gasteiger partial charge on any atom is -0.134 e. The van der Waals surface area contributed by atoms with Gasteiger partial charge >= 0.3 is 0 Å². The molecule has 0 saturated carbocycles. The van der Waals surface area contributed by atoms with Crippen molar-refractivity contribution in [3.8, 4) is 0 Å². The van der Waals surface area contributed by atoms with Gasteiger partial charge in [0.2, 0.25) is 0 Å². The molecule has 13 heavy (non-hydrogen) atoms. The molecule has 0 saturated heterocycles. The zero-order valence-electron chi connectivity index (χ0n) is 7.84. The van der Waals surface area contributed by atoms with Gasteiger partial charge in [0.1, 0.15) is 0 Å². The lowest BCUT2D eigenvalue weighted by Gasteiger charge is -1.99. The maximum Gasteiger partial charge on any atom is 0.0455 e. The average molecular weight is 189 g/mol. The fraction of sp³-hybridized carbons (Fsp3) is 0.333. The van der Waals surface area contributed by atoms with Crippen molar-refractivity contribution in [1.82, 2.24) is 0 Å². The van der Waals surface area contributed by atoms with Crippen LogP contribution in [-0.4, -0.2) is 0 Å². The maximum atomic E-state index is 3.16. The van der Waals surface area contributed by atoms with Gasteiger partial charge in [0.05, 0.1) is 0 Å². The molecule has 0 nitrogen and oxygen atoms in total. The fourth-order valence-corrected chi connectivity index (χ4v) is 2.25. The fourth-order valence-electron chi connectivity index (χ4n) is 1.48. The molecule has 1 aromatic heterocycles. The van der Waals surface area contributed by atoms with E-state index in [0.717, 1.165) is 0 Å². The molecule has 0 bridgehead atoms. The summed E-state index contributed by atoms with van der Waals surface area (Å²) >= 11 is 1.71. The van der Waals surface area contributed by atoms with Gasteiger partial charge in [-0.1, -0.05) is 25.5 Å². The summed E-state index contributed by atoms with van der Waals surface area (Å²) in [6.07, 6.45) is 3.78. The van der Waals surface area contributed by atoms with Gasteiger partial charge in [0.25, 0.3) is 0 Å². The highest BCUT2D eigenvalue weighted by Gasteiger charge is 1.96. The molecule has 1 aromatic carbocycles. The number of rotatable bonds is 3. The quantitative estimate of drug-likeness (QED) is 0.683. The second-order valence-electron chi connectivity index (χ2n) is 3.34. The van der Waals surface area contributed by atoms with Crippen LogP contribution in [0.5, 0.6) is 0 Å². The highest BCUT2D eigenvalue weighted by molar-refractivity contribution is 7.16. The molecule has 1 heterocycles. The van der Waals surface area contributed by atoms with Crippen LogP contribution >= 0.6 is 11.3 Å². The third-order valence-electron chi connectivity index (χ3n) is 2.28. The number of fused-ring (bicyclic) bond motifs is 1. The van der Waals surface area contributed by atoms with Crippen molar-refractivity contribution in [1.29, 1.82) is 0 Å². The van der Waals surface area contributed by atoms with E-state index in [1.54, 1.807) is 11.3 Å². The Labute approximate surface area is 83.2 Å². The largest absolute Gasteiger partial charge is 0.134 e. The van der Waals surface area contributed by atoms with Crippen LogP contribution in [0.3, 0.4) is 0 Å². The number of aryl methyl sites for hydroxylation is 1. The van der Waals surface area contributed by atoms with Gasteiger partial charge in [0, 0.05) is 10.1 Å². The first-order valence-corrected chi connectivity index (χ1v) is 5.60. The van der Waals surface area contributed by atoms with Crippen molar-refractivity contribution in [2.75, 3.05) is 0 Å². The number of unbranched alkanes of at least 4 members (excludes halogenated alkanes) is 1. The van der Waals surface area contributed by atoms with Crippen LogP contribution in [-0.2, 0) is 6.42 Å². The minimum absolute atomic E-state index is 1.21. The number of hydrogen-bond donors (Lipinski definition) is 0. The van der Waals surface area contributed by atoms with Crippen molar-refractivity contribution in [3.63, 3.8) is 0 Å². The summed E-state index contributed by atoms with van der Waals surface area (Å²) in [6.45, 7) is 2.23. The SMILES string of the molecule is CCCCc1ccc2c[c]sc2c1. The Kier molecular flexibility index (Phi) is 2.65. The molecule has 1 heteroatoms. The molecule has 1 radical (unpaired) electrons. The van der Waals surface area contributed by atoms with Crippen molar-refractivity contribution >= 4 is 21.4 Å². The molecule has 0 N–H and O–H groups in total. The van der Waals surface area contributed by atoms with Crippen LogP contribution < -0.4 is 0 Å². The van der Waals surface area contributed by atoms with Crippen molar-refractivity contribution in [2.24, 2.45) is 0 Å². The smallest absolute Gasteiger partial charge is 0.0455 e. The van der Waals surface area contributed by atoms with E-state index in [1.807, 2.05) is 0 Å². The highest BCUT2D eigenvalue weighted by atomic mass is 32.1. The van der Waals surface area contributed by atoms with E-state index in [0.29, 0.717) is 0 Å². The normalized spacial score (nSPS) is 10.8. The molecule has 2 aromatic rings. The minimum atomic E-state index is 1.21. The van der Waals surface area contributed by atoms with Gasteiger partial charge in [-0.15, -0.1) is 11.3 Å². The summed E-state index contributed by atoms with van der Waals surface area (Å²) in [5, 5.41) is 4.49. The zero-order valence-corrected chi connectivity index (χ0v) is 8.66. The Bertz CT molecular complexity index is 387. The standard InChI is InChI=1S/C12H13S/c1-2-3-4-10-5-6-11-7-8-13-12(11)9-10/h5-7,9H,2-4H2,1H3. The number of thiophene rings is 1. The van der Waals surface area contributed by atoms with Crippen molar-refractivity contribution in [2.45, 2.75) is 26.2 Å². The van der Waals surface area contributed by atoms with Crippen LogP contribution in [0.1, 0.15) is 25.3 Å². The average Bonchev–Trinajstić information content (AvgIpc) is 2.61. The lowest BCUT2D eigenvalue weighted by molar-refractivity contribution is 0.796. The Balaban J connectivity index is 2.26. The van der Waals surface area contributed by atoms with E-state index in [9.17, 15) is 0 Å². The predicted octanol–water partition coefficient (Wildman–Crippen LogP) is 4.04. The van der Waals surface area contributed by atoms with Crippen LogP contribution in [0.15, 0.2) is 24.3 Å². The summed E-state index contributed by atoms with van der Waals surface area (Å²) in [7, 11) is 0. The summed E-state index contributed by atoms with van der Waals surface area (Å²) in [6, 6.07) is 8.79. The summed E-state index contributed by atoms with van der Waals surface area (Å²) in [4.78, 5) is 0. The van der Waals surface area contributed by atoms with E-state index in [4.69, 9.17) is 0 Å². The first-order chi connectivity index (χ1) is 6.40. The first-order valence-electron chi connectivity index (χ1n) is 4.78. The van der Waals surface area contributed by atoms with Crippen molar-refractivity contribution < 1.29 is 0 Å². The number of hydrogen-bond acceptors (Lipinski definition) is 1. The molecule has 0 aliphatic heterocycles. The molecule has 0 atom stereocenters. The van der Waals surface area contributed by atoms with E-state index in [1.165, 1.54) is 34.9 Å². The van der Waals surface area contributed by atoms with Crippen LogP contribution in [0.4, 0.5) is 0 Å². The molecule has 0 fully saturated rings. The Morgan fingerprint density at radius 1 is 1.38 bits per heavy atom. The second kappa shape index (κ2) is 3.93. The zero-order chi connectivity index (χ0) is 9.10. The Hall–Kier alpha value is -0.820. The predicted molar refractivity (Wildman–Crippen MR) is 59.3 cm³/mol. The lowest BCUT2D eigenvalue weighted by Crippen LogP contribution is -1.82. The molecule has 0 aliphatic carbocycles. The van der Waals surface area contributed by atoms with Crippen molar-refractivity contribution in [3.05, 3.63) is 35.2 Å². The topological polar surface area (TPSA) is 0 Å². The van der Waals surface area contributed by atoms with E-state index >= 15 is 0 Å².